The van der Waals surface area contributed by atoms with Gasteiger partial charge in [-0.3, -0.25) is 9.69 Å². The lowest BCUT2D eigenvalue weighted by atomic mass is 9.66. The quantitative estimate of drug-likeness (QED) is 0.631. The molecule has 2 N–H and O–H groups in total. The second-order valence-corrected chi connectivity index (χ2v) is 8.43. The Hall–Kier alpha value is -1.48. The maximum Gasteiger partial charge on any atom is 0.352 e. The SMILES string of the molecule is CO[C@]1(CCN2CCOCC2)CCC[C@@H]2C1=C(C(=O)O)N1C(=O)[C@H]([C@@H](C)O)[C@@H]21. The fourth-order valence-corrected chi connectivity index (χ4v) is 5.76. The summed E-state index contributed by atoms with van der Waals surface area (Å²) in [6.07, 6.45) is 2.41. The molecule has 4 aliphatic rings. The number of carbonyl (C=O) groups is 2. The molecule has 3 heterocycles. The van der Waals surface area contributed by atoms with Crippen molar-refractivity contribution in [2.24, 2.45) is 11.8 Å². The largest absolute Gasteiger partial charge is 0.477 e. The Morgan fingerprint density at radius 3 is 2.71 bits per heavy atom. The summed E-state index contributed by atoms with van der Waals surface area (Å²) in [5, 5.41) is 20.1. The summed E-state index contributed by atoms with van der Waals surface area (Å²) in [6.45, 7) is 5.58. The third-order valence-corrected chi connectivity index (χ3v) is 7.10. The molecule has 8 nitrogen and oxygen atoms in total. The zero-order valence-electron chi connectivity index (χ0n) is 16.6. The predicted octanol–water partition coefficient (Wildman–Crippen LogP) is 0.454. The third kappa shape index (κ3) is 2.89. The van der Waals surface area contributed by atoms with Gasteiger partial charge in [0.1, 0.15) is 5.70 Å². The molecule has 1 aliphatic carbocycles. The molecule has 0 bridgehead atoms. The van der Waals surface area contributed by atoms with Crippen LogP contribution in [-0.4, -0.2) is 89.6 Å². The lowest BCUT2D eigenvalue weighted by Gasteiger charge is -2.48. The number of carbonyl (C=O) groups excluding carboxylic acids is 1. The molecule has 3 aliphatic heterocycles. The van der Waals surface area contributed by atoms with Crippen LogP contribution in [0.15, 0.2) is 11.3 Å². The Morgan fingerprint density at radius 1 is 1.39 bits per heavy atom. The minimum absolute atomic E-state index is 0.0539. The second kappa shape index (κ2) is 7.40. The lowest BCUT2D eigenvalue weighted by molar-refractivity contribution is -0.163. The van der Waals surface area contributed by atoms with Crippen LogP contribution in [0.5, 0.6) is 0 Å². The Balaban J connectivity index is 1.67. The van der Waals surface area contributed by atoms with Gasteiger partial charge in [0, 0.05) is 32.7 Å². The van der Waals surface area contributed by atoms with Gasteiger partial charge in [0.2, 0.25) is 5.91 Å². The number of aliphatic hydroxyl groups excluding tert-OH is 1. The van der Waals surface area contributed by atoms with Crippen molar-refractivity contribution in [3.8, 4) is 0 Å². The number of methoxy groups -OCH3 is 1. The van der Waals surface area contributed by atoms with Gasteiger partial charge in [-0.05, 0) is 38.2 Å². The van der Waals surface area contributed by atoms with E-state index in [0.717, 1.165) is 44.5 Å². The number of morpholine rings is 1. The normalized spacial score (nSPS) is 36.8. The van der Waals surface area contributed by atoms with Gasteiger partial charge >= 0.3 is 5.97 Å². The summed E-state index contributed by atoms with van der Waals surface area (Å²) in [5.74, 6) is -1.93. The first-order valence-corrected chi connectivity index (χ1v) is 10.3. The van der Waals surface area contributed by atoms with E-state index in [1.165, 1.54) is 4.90 Å². The smallest absolute Gasteiger partial charge is 0.352 e. The number of rotatable bonds is 6. The topological polar surface area (TPSA) is 99.5 Å². The van der Waals surface area contributed by atoms with Crippen LogP contribution in [0.25, 0.3) is 0 Å². The number of hydrogen-bond donors (Lipinski definition) is 2. The zero-order valence-corrected chi connectivity index (χ0v) is 16.6. The van der Waals surface area contributed by atoms with Crippen molar-refractivity contribution in [2.45, 2.75) is 50.4 Å². The van der Waals surface area contributed by atoms with Crippen LogP contribution in [-0.2, 0) is 19.1 Å². The van der Waals surface area contributed by atoms with Crippen LogP contribution < -0.4 is 0 Å². The van der Waals surface area contributed by atoms with Crippen molar-refractivity contribution in [2.75, 3.05) is 40.0 Å². The van der Waals surface area contributed by atoms with E-state index in [1.807, 2.05) is 0 Å². The number of nitrogens with zero attached hydrogens (tertiary/aromatic N) is 2. The van der Waals surface area contributed by atoms with E-state index in [0.29, 0.717) is 19.6 Å². The molecule has 0 aromatic heterocycles. The summed E-state index contributed by atoms with van der Waals surface area (Å²) >= 11 is 0. The highest BCUT2D eigenvalue weighted by atomic mass is 16.5. The molecule has 0 aromatic rings. The van der Waals surface area contributed by atoms with Crippen LogP contribution in [0.2, 0.25) is 0 Å². The minimum atomic E-state index is -1.07. The average molecular weight is 394 g/mol. The van der Waals surface area contributed by atoms with Gasteiger partial charge in [-0.1, -0.05) is 0 Å². The molecule has 8 heteroatoms. The molecule has 1 saturated carbocycles. The number of β-lactam (4-membered cyclic amide) rings is 1. The Morgan fingerprint density at radius 2 is 2.11 bits per heavy atom. The first-order valence-electron chi connectivity index (χ1n) is 10.3. The van der Waals surface area contributed by atoms with E-state index in [9.17, 15) is 19.8 Å². The molecule has 0 aromatic carbocycles. The highest BCUT2D eigenvalue weighted by Crippen LogP contribution is 2.56. The number of amides is 1. The van der Waals surface area contributed by atoms with E-state index in [4.69, 9.17) is 9.47 Å². The number of hydrogen-bond acceptors (Lipinski definition) is 6. The fourth-order valence-electron chi connectivity index (χ4n) is 5.76. The van der Waals surface area contributed by atoms with Crippen molar-refractivity contribution in [3.63, 3.8) is 0 Å². The van der Waals surface area contributed by atoms with Gasteiger partial charge < -0.3 is 24.6 Å². The molecule has 3 fully saturated rings. The van der Waals surface area contributed by atoms with Crippen molar-refractivity contribution in [3.05, 3.63) is 11.3 Å². The number of carboxylic acid groups (broad SMARTS) is 1. The predicted molar refractivity (Wildman–Crippen MR) is 99.4 cm³/mol. The first-order chi connectivity index (χ1) is 13.4. The Bertz CT molecular complexity index is 686. The zero-order chi connectivity index (χ0) is 20.1. The number of carboxylic acids is 1. The van der Waals surface area contributed by atoms with Gasteiger partial charge in [-0.2, -0.15) is 0 Å². The molecule has 5 atom stereocenters. The van der Waals surface area contributed by atoms with E-state index in [1.54, 1.807) is 14.0 Å². The number of aliphatic carboxylic acids is 1. The van der Waals surface area contributed by atoms with Crippen molar-refractivity contribution < 1.29 is 29.3 Å². The molecular weight excluding hydrogens is 364 g/mol. The fraction of sp³-hybridized carbons (Fsp3) is 0.800. The van der Waals surface area contributed by atoms with Crippen molar-refractivity contribution in [1.82, 2.24) is 9.80 Å². The molecule has 2 saturated heterocycles. The number of aliphatic hydroxyl groups is 1. The van der Waals surface area contributed by atoms with Gasteiger partial charge in [-0.25, -0.2) is 4.79 Å². The highest BCUT2D eigenvalue weighted by Gasteiger charge is 2.64. The number of ether oxygens (including phenoxy) is 2. The third-order valence-electron chi connectivity index (χ3n) is 7.10. The van der Waals surface area contributed by atoms with Crippen LogP contribution >= 0.6 is 0 Å². The Kier molecular flexibility index (Phi) is 5.24. The molecule has 1 amide bonds. The summed E-state index contributed by atoms with van der Waals surface area (Å²) in [5.41, 5.74) is 0.194. The molecule has 0 radical (unpaired) electrons. The summed E-state index contributed by atoms with van der Waals surface area (Å²) in [6, 6.07) is -0.258. The van der Waals surface area contributed by atoms with Gasteiger partial charge in [0.15, 0.2) is 0 Å². The lowest BCUT2D eigenvalue weighted by Crippen LogP contribution is -2.64. The van der Waals surface area contributed by atoms with Crippen LogP contribution in [0.3, 0.4) is 0 Å². The molecule has 156 valence electrons. The van der Waals surface area contributed by atoms with E-state index in [-0.39, 0.29) is 23.6 Å². The van der Waals surface area contributed by atoms with Crippen LogP contribution in [0.1, 0.15) is 32.6 Å². The van der Waals surface area contributed by atoms with Gasteiger partial charge in [0.05, 0.1) is 36.9 Å². The minimum Gasteiger partial charge on any atom is -0.477 e. The molecule has 0 unspecified atom stereocenters. The van der Waals surface area contributed by atoms with E-state index >= 15 is 0 Å². The Labute approximate surface area is 165 Å². The molecule has 28 heavy (non-hydrogen) atoms. The molecule has 4 rings (SSSR count). The van der Waals surface area contributed by atoms with Crippen molar-refractivity contribution in [1.29, 1.82) is 0 Å². The maximum atomic E-state index is 12.7. The maximum absolute atomic E-state index is 12.7. The van der Waals surface area contributed by atoms with E-state index < -0.39 is 23.6 Å². The molecular formula is C20H30N2O6. The summed E-state index contributed by atoms with van der Waals surface area (Å²) < 4.78 is 11.5. The monoisotopic (exact) mass is 394 g/mol. The van der Waals surface area contributed by atoms with Crippen LogP contribution in [0.4, 0.5) is 0 Å². The standard InChI is InChI=1S/C20H30N2O6/c1-12(23)14-16-13-4-3-5-20(27-2,6-7-21-8-10-28-11-9-21)15(13)17(19(25)26)22(16)18(14)24/h12-14,16,23H,3-11H2,1-2H3,(H,25,26)/t12-,13-,14-,16-,20+/m1/s1. The first kappa shape index (κ1) is 19.8. The van der Waals surface area contributed by atoms with E-state index in [2.05, 4.69) is 4.90 Å². The van der Waals surface area contributed by atoms with Crippen molar-refractivity contribution >= 4 is 11.9 Å². The van der Waals surface area contributed by atoms with Gasteiger partial charge in [0.25, 0.3) is 0 Å². The summed E-state index contributed by atoms with van der Waals surface area (Å²) in [4.78, 5) is 28.6. The summed E-state index contributed by atoms with van der Waals surface area (Å²) in [7, 11) is 1.65. The average Bonchev–Trinajstić information content (AvgIpc) is 2.98. The molecule has 0 spiro atoms. The van der Waals surface area contributed by atoms with Gasteiger partial charge in [-0.15, -0.1) is 0 Å². The number of fused-ring (bicyclic) bond motifs is 3. The van der Waals surface area contributed by atoms with Crippen LogP contribution in [0, 0.1) is 11.8 Å². The second-order valence-electron chi connectivity index (χ2n) is 8.43. The highest BCUT2D eigenvalue weighted by molar-refractivity contribution is 6.00.